The monoisotopic (exact) mass is 462 g/mol. The third kappa shape index (κ3) is 4.74. The van der Waals surface area contributed by atoms with E-state index in [0.717, 1.165) is 28.1 Å². The molecule has 1 aliphatic heterocycles. The molecule has 1 aromatic heterocycles. The van der Waals surface area contributed by atoms with E-state index in [-0.39, 0.29) is 6.03 Å². The highest BCUT2D eigenvalue weighted by atomic mass is 16.5. The van der Waals surface area contributed by atoms with Gasteiger partial charge in [-0.25, -0.2) is 4.79 Å². The van der Waals surface area contributed by atoms with Crippen molar-refractivity contribution < 1.29 is 14.3 Å². The number of nitrogens with zero attached hydrogens (tertiary/aromatic N) is 3. The number of H-pyrrole nitrogens is 1. The van der Waals surface area contributed by atoms with Gasteiger partial charge in [-0.15, -0.1) is 0 Å². The summed E-state index contributed by atoms with van der Waals surface area (Å²) in [5.74, 6) is 0.739. The fourth-order valence-corrected chi connectivity index (χ4v) is 4.61. The summed E-state index contributed by atoms with van der Waals surface area (Å²) in [4.78, 5) is 28.4. The molecule has 0 spiro atoms. The Balaban J connectivity index is 1.66. The number of benzene rings is 2. The van der Waals surface area contributed by atoms with E-state index < -0.39 is 5.54 Å². The summed E-state index contributed by atoms with van der Waals surface area (Å²) in [5, 5.41) is 9.57. The van der Waals surface area contributed by atoms with Crippen LogP contribution in [-0.2, 0) is 11.3 Å². The Hall–Kier alpha value is -3.85. The molecule has 178 valence electrons. The highest BCUT2D eigenvalue weighted by Crippen LogP contribution is 2.37. The van der Waals surface area contributed by atoms with Crippen LogP contribution in [0.3, 0.4) is 0 Å². The molecule has 1 fully saturated rings. The van der Waals surface area contributed by atoms with Crippen molar-refractivity contribution in [3.8, 4) is 16.9 Å². The SMILES string of the molecule is COc1cccc(CN2C(=O)N(c3ccc(-c4cn[nH]c4)cc3)CC2(CCN)CCNC=O)c1. The molecule has 0 bridgehead atoms. The first-order valence-electron chi connectivity index (χ1n) is 11.3. The molecule has 9 heteroatoms. The maximum Gasteiger partial charge on any atom is 0.325 e. The Bertz CT molecular complexity index is 1100. The quantitative estimate of drug-likeness (QED) is 0.299. The van der Waals surface area contributed by atoms with E-state index in [9.17, 15) is 9.59 Å². The van der Waals surface area contributed by atoms with Gasteiger partial charge in [0.05, 0.1) is 25.4 Å². The van der Waals surface area contributed by atoms with Crippen LogP contribution in [0.2, 0.25) is 0 Å². The normalized spacial score (nSPS) is 17.8. The van der Waals surface area contributed by atoms with E-state index in [0.29, 0.717) is 45.4 Å². The van der Waals surface area contributed by atoms with Gasteiger partial charge in [0.1, 0.15) is 5.75 Å². The second-order valence-corrected chi connectivity index (χ2v) is 8.43. The summed E-state index contributed by atoms with van der Waals surface area (Å²) in [6.07, 6.45) is 5.50. The van der Waals surface area contributed by atoms with Crippen molar-refractivity contribution in [1.29, 1.82) is 0 Å². The molecule has 2 aromatic carbocycles. The molecule has 1 saturated heterocycles. The number of hydrogen-bond acceptors (Lipinski definition) is 5. The van der Waals surface area contributed by atoms with Crippen LogP contribution in [0.5, 0.6) is 5.75 Å². The number of methoxy groups -OCH3 is 1. The summed E-state index contributed by atoms with van der Waals surface area (Å²) in [6.45, 7) is 1.79. The van der Waals surface area contributed by atoms with Gasteiger partial charge in [0.25, 0.3) is 0 Å². The number of carbonyl (C=O) groups excluding carboxylic acids is 2. The average Bonchev–Trinajstić information content (AvgIpc) is 3.49. The number of amides is 3. The van der Waals surface area contributed by atoms with Crippen molar-refractivity contribution in [3.63, 3.8) is 0 Å². The Kier molecular flexibility index (Phi) is 7.12. The van der Waals surface area contributed by atoms with Gasteiger partial charge in [0.15, 0.2) is 0 Å². The number of ether oxygens (including phenoxy) is 1. The third-order valence-corrected chi connectivity index (χ3v) is 6.40. The first-order chi connectivity index (χ1) is 16.6. The predicted octanol–water partition coefficient (Wildman–Crippen LogP) is 2.75. The molecular formula is C25H30N6O3. The van der Waals surface area contributed by atoms with E-state index in [1.165, 1.54) is 0 Å². The molecule has 1 atom stereocenters. The lowest BCUT2D eigenvalue weighted by molar-refractivity contribution is -0.109. The highest BCUT2D eigenvalue weighted by molar-refractivity contribution is 5.95. The molecule has 3 amide bonds. The van der Waals surface area contributed by atoms with Crippen LogP contribution in [0.4, 0.5) is 10.5 Å². The molecule has 0 saturated carbocycles. The average molecular weight is 463 g/mol. The zero-order valence-electron chi connectivity index (χ0n) is 19.2. The Morgan fingerprint density at radius 3 is 2.71 bits per heavy atom. The lowest BCUT2D eigenvalue weighted by Crippen LogP contribution is -2.49. The van der Waals surface area contributed by atoms with Crippen LogP contribution in [-0.4, -0.2) is 59.8 Å². The number of aromatic amines is 1. The predicted molar refractivity (Wildman–Crippen MR) is 130 cm³/mol. The second-order valence-electron chi connectivity index (χ2n) is 8.43. The lowest BCUT2D eigenvalue weighted by atomic mass is 9.89. The van der Waals surface area contributed by atoms with Gasteiger partial charge < -0.3 is 20.7 Å². The summed E-state index contributed by atoms with van der Waals surface area (Å²) >= 11 is 0. The zero-order valence-corrected chi connectivity index (χ0v) is 19.2. The molecule has 0 radical (unpaired) electrons. The molecule has 4 rings (SSSR count). The number of hydrogen-bond donors (Lipinski definition) is 3. The van der Waals surface area contributed by atoms with Crippen molar-refractivity contribution in [2.24, 2.45) is 5.73 Å². The number of aromatic nitrogens is 2. The smallest absolute Gasteiger partial charge is 0.325 e. The summed E-state index contributed by atoms with van der Waals surface area (Å²) in [6, 6.07) is 15.5. The van der Waals surface area contributed by atoms with Crippen molar-refractivity contribution >= 4 is 18.1 Å². The van der Waals surface area contributed by atoms with E-state index in [1.54, 1.807) is 18.2 Å². The van der Waals surface area contributed by atoms with Gasteiger partial charge in [0.2, 0.25) is 6.41 Å². The van der Waals surface area contributed by atoms with Crippen LogP contribution in [0.25, 0.3) is 11.1 Å². The molecular weight excluding hydrogens is 432 g/mol. The fraction of sp³-hybridized carbons (Fsp3) is 0.320. The van der Waals surface area contributed by atoms with E-state index in [2.05, 4.69) is 15.5 Å². The summed E-state index contributed by atoms with van der Waals surface area (Å²) < 4.78 is 5.37. The number of rotatable bonds is 11. The van der Waals surface area contributed by atoms with Gasteiger partial charge in [-0.2, -0.15) is 5.10 Å². The van der Waals surface area contributed by atoms with Gasteiger partial charge in [-0.1, -0.05) is 24.3 Å². The van der Waals surface area contributed by atoms with Gasteiger partial charge in [-0.3, -0.25) is 14.8 Å². The van der Waals surface area contributed by atoms with Crippen LogP contribution < -0.4 is 20.7 Å². The first kappa shape index (κ1) is 23.3. The minimum absolute atomic E-state index is 0.0848. The Morgan fingerprint density at radius 2 is 2.03 bits per heavy atom. The molecule has 1 unspecified atom stereocenters. The molecule has 9 nitrogen and oxygen atoms in total. The van der Waals surface area contributed by atoms with Crippen LogP contribution >= 0.6 is 0 Å². The lowest BCUT2D eigenvalue weighted by Gasteiger charge is -2.37. The zero-order chi connectivity index (χ0) is 24.0. The summed E-state index contributed by atoms with van der Waals surface area (Å²) in [5.41, 5.74) is 9.29. The third-order valence-electron chi connectivity index (χ3n) is 6.40. The van der Waals surface area contributed by atoms with Crippen LogP contribution in [0, 0.1) is 0 Å². The minimum atomic E-state index is -0.520. The molecule has 3 aromatic rings. The van der Waals surface area contributed by atoms with E-state index in [1.807, 2.05) is 59.6 Å². The molecule has 0 aliphatic carbocycles. The maximum absolute atomic E-state index is 13.8. The molecule has 4 N–H and O–H groups in total. The fourth-order valence-electron chi connectivity index (χ4n) is 4.61. The largest absolute Gasteiger partial charge is 0.497 e. The number of nitrogens with two attached hydrogens (primary N) is 1. The number of anilines is 1. The van der Waals surface area contributed by atoms with Crippen LogP contribution in [0.15, 0.2) is 60.9 Å². The van der Waals surface area contributed by atoms with Crippen molar-refractivity contribution in [1.82, 2.24) is 20.4 Å². The Labute approximate surface area is 198 Å². The van der Waals surface area contributed by atoms with Crippen molar-refractivity contribution in [3.05, 3.63) is 66.5 Å². The maximum atomic E-state index is 13.8. The van der Waals surface area contributed by atoms with Crippen molar-refractivity contribution in [2.75, 3.05) is 31.6 Å². The first-order valence-corrected chi connectivity index (χ1v) is 11.3. The minimum Gasteiger partial charge on any atom is -0.497 e. The Morgan fingerprint density at radius 1 is 1.21 bits per heavy atom. The summed E-state index contributed by atoms with van der Waals surface area (Å²) in [7, 11) is 1.62. The number of nitrogens with one attached hydrogen (secondary N) is 2. The molecule has 2 heterocycles. The second kappa shape index (κ2) is 10.4. The molecule has 1 aliphatic rings. The van der Waals surface area contributed by atoms with Gasteiger partial charge >= 0.3 is 6.03 Å². The topological polar surface area (TPSA) is 117 Å². The van der Waals surface area contributed by atoms with E-state index >= 15 is 0 Å². The van der Waals surface area contributed by atoms with Gasteiger partial charge in [0, 0.05) is 30.5 Å². The van der Waals surface area contributed by atoms with E-state index in [4.69, 9.17) is 10.5 Å². The number of urea groups is 1. The van der Waals surface area contributed by atoms with Gasteiger partial charge in [-0.05, 0) is 54.8 Å². The van der Waals surface area contributed by atoms with Crippen LogP contribution in [0.1, 0.15) is 18.4 Å². The van der Waals surface area contributed by atoms with Crippen molar-refractivity contribution in [2.45, 2.75) is 24.9 Å². The highest BCUT2D eigenvalue weighted by Gasteiger charge is 2.49. The number of carbonyl (C=O) groups is 2. The molecule has 34 heavy (non-hydrogen) atoms. The standard InChI is InChI=1S/C25H30N6O3/c1-34-23-4-2-3-19(13-23)16-31-24(33)30(17-25(31,9-11-26)10-12-27-18-32)22-7-5-20(6-8-22)21-14-28-29-15-21/h2-8,13-15,18H,9-12,16-17,26H2,1H3,(H,27,32)(H,28,29).